The van der Waals surface area contributed by atoms with Gasteiger partial charge in [-0.05, 0) is 26.7 Å². The molecule has 0 aromatic heterocycles. The molecule has 6 nitrogen and oxygen atoms in total. The number of unbranched alkanes of at least 4 members (excludes halogenated alkanes) is 3. The quantitative estimate of drug-likeness (QED) is 0.223. The highest BCUT2D eigenvalue weighted by Crippen LogP contribution is 2.08. The van der Waals surface area contributed by atoms with Crippen LogP contribution in [0.5, 0.6) is 0 Å². The average Bonchev–Trinajstić information content (AvgIpc) is 2.42. The summed E-state index contributed by atoms with van der Waals surface area (Å²) in [6, 6.07) is 0. The summed E-state index contributed by atoms with van der Waals surface area (Å²) in [6.45, 7) is 3.97. The maximum atomic E-state index is 11.4. The fourth-order valence-electron chi connectivity index (χ4n) is 1.92. The van der Waals surface area contributed by atoms with Crippen molar-refractivity contribution >= 4 is 23.5 Å². The van der Waals surface area contributed by atoms with E-state index in [2.05, 4.69) is 0 Å². The lowest BCUT2D eigenvalue weighted by molar-refractivity contribution is -0.147. The van der Waals surface area contributed by atoms with Crippen molar-refractivity contribution in [3.63, 3.8) is 0 Å². The Hall–Kier alpha value is -1.72. The topological polar surface area (TPSA) is 86.7 Å². The van der Waals surface area contributed by atoms with E-state index < -0.39 is 11.9 Å². The molecule has 0 spiro atoms. The van der Waals surface area contributed by atoms with E-state index in [1.54, 1.807) is 13.8 Å². The van der Waals surface area contributed by atoms with Crippen LogP contribution in [0.3, 0.4) is 0 Å². The van der Waals surface area contributed by atoms with Crippen LogP contribution >= 0.6 is 0 Å². The smallest absolute Gasteiger partial charge is 0.313 e. The average molecular weight is 326 g/mol. The highest BCUT2D eigenvalue weighted by Gasteiger charge is 2.11. The predicted octanol–water partition coefficient (Wildman–Crippen LogP) is 2.37. The number of hydrogen-bond donors (Lipinski definition) is 0. The van der Waals surface area contributed by atoms with Gasteiger partial charge in [0.2, 0.25) is 0 Å². The summed E-state index contributed by atoms with van der Waals surface area (Å²) in [6.07, 6.45) is 3.43. The highest BCUT2D eigenvalue weighted by molar-refractivity contribution is 5.95. The van der Waals surface area contributed by atoms with E-state index >= 15 is 0 Å². The van der Waals surface area contributed by atoms with Gasteiger partial charge in [-0.1, -0.05) is 12.8 Å². The van der Waals surface area contributed by atoms with Gasteiger partial charge in [-0.3, -0.25) is 19.2 Å². The minimum Gasteiger partial charge on any atom is -0.466 e. The molecular formula is C16H26O6. The van der Waals surface area contributed by atoms with Gasteiger partial charge in [0, 0.05) is 12.8 Å². The second kappa shape index (κ2) is 13.0. The molecule has 0 aliphatic carbocycles. The van der Waals surface area contributed by atoms with Crippen LogP contribution < -0.4 is 0 Å². The third-order valence-corrected chi connectivity index (χ3v) is 2.95. The van der Waals surface area contributed by atoms with Crippen molar-refractivity contribution < 1.29 is 28.7 Å². The van der Waals surface area contributed by atoms with Gasteiger partial charge in [-0.25, -0.2) is 0 Å². The maximum absolute atomic E-state index is 11.4. The molecule has 0 heterocycles. The number of carbonyl (C=O) groups excluding carboxylic acids is 4. The third kappa shape index (κ3) is 12.1. The fraction of sp³-hybridized carbons (Fsp3) is 0.750. The summed E-state index contributed by atoms with van der Waals surface area (Å²) in [4.78, 5) is 45.1. The molecule has 0 bridgehead atoms. The van der Waals surface area contributed by atoms with Gasteiger partial charge in [0.15, 0.2) is 0 Å². The Morgan fingerprint density at radius 2 is 1.00 bits per heavy atom. The lowest BCUT2D eigenvalue weighted by Crippen LogP contribution is -2.11. The number of Topliss-reactive ketones (excluding diaryl/α,β-unsaturated/α-hetero) is 2. The zero-order valence-corrected chi connectivity index (χ0v) is 13.5. The maximum Gasteiger partial charge on any atom is 0.313 e. The number of ether oxygens (including phenoxy) is 2. The number of ketones is 2. The minimum absolute atomic E-state index is 0.114. The Morgan fingerprint density at radius 3 is 1.32 bits per heavy atom. The van der Waals surface area contributed by atoms with Crippen molar-refractivity contribution in [3.8, 4) is 0 Å². The van der Waals surface area contributed by atoms with Gasteiger partial charge in [0.25, 0.3) is 0 Å². The van der Waals surface area contributed by atoms with Crippen LogP contribution in [0, 0.1) is 0 Å². The van der Waals surface area contributed by atoms with Crippen molar-refractivity contribution in [1.82, 2.24) is 0 Å². The predicted molar refractivity (Wildman–Crippen MR) is 80.2 cm³/mol. The van der Waals surface area contributed by atoms with E-state index in [4.69, 9.17) is 9.47 Å². The van der Waals surface area contributed by atoms with Crippen molar-refractivity contribution in [3.05, 3.63) is 0 Å². The number of carbonyl (C=O) groups is 4. The molecule has 6 heteroatoms. The van der Waals surface area contributed by atoms with E-state index in [0.29, 0.717) is 25.7 Å². The molecule has 0 N–H and O–H groups in total. The van der Waals surface area contributed by atoms with E-state index in [1.165, 1.54) is 0 Å². The number of rotatable bonds is 13. The summed E-state index contributed by atoms with van der Waals surface area (Å²) in [7, 11) is 0. The second-order valence-electron chi connectivity index (χ2n) is 4.96. The van der Waals surface area contributed by atoms with Crippen LogP contribution in [0.25, 0.3) is 0 Å². The van der Waals surface area contributed by atoms with Crippen LogP contribution in [0.1, 0.15) is 65.2 Å². The first-order valence-electron chi connectivity index (χ1n) is 7.84. The van der Waals surface area contributed by atoms with E-state index in [-0.39, 0.29) is 37.6 Å². The molecule has 22 heavy (non-hydrogen) atoms. The Balaban J connectivity index is 3.53. The Bertz CT molecular complexity index is 339. The highest BCUT2D eigenvalue weighted by atomic mass is 16.6. The molecule has 0 aromatic carbocycles. The van der Waals surface area contributed by atoms with Crippen LogP contribution in [0.4, 0.5) is 0 Å². The summed E-state index contributed by atoms with van der Waals surface area (Å²) in [5, 5.41) is 0. The minimum atomic E-state index is -0.475. The molecule has 0 unspecified atom stereocenters. The first-order valence-corrected chi connectivity index (χ1v) is 7.84. The monoisotopic (exact) mass is 326 g/mol. The zero-order chi connectivity index (χ0) is 16.8. The Kier molecular flexibility index (Phi) is 12.0. The van der Waals surface area contributed by atoms with Crippen LogP contribution in [0.2, 0.25) is 0 Å². The molecule has 0 rings (SSSR count). The summed E-state index contributed by atoms with van der Waals surface area (Å²) >= 11 is 0. The largest absolute Gasteiger partial charge is 0.466 e. The molecule has 0 saturated carbocycles. The Morgan fingerprint density at radius 1 is 0.636 bits per heavy atom. The molecule has 0 aliphatic rings. The molecule has 0 amide bonds. The van der Waals surface area contributed by atoms with Gasteiger partial charge in [0.05, 0.1) is 13.2 Å². The SMILES string of the molecule is CCO[13C](=O)[13CH2][13C](=O)[13CH2][13CH2][13CH2][13CH2][13CH2][13CH2][13C](=O)[13CH2][13C](=O)OCC. The van der Waals surface area contributed by atoms with E-state index in [0.717, 1.165) is 12.8 Å². The van der Waals surface area contributed by atoms with Gasteiger partial charge in [-0.15, -0.1) is 0 Å². The molecule has 0 aliphatic heterocycles. The van der Waals surface area contributed by atoms with Gasteiger partial charge < -0.3 is 9.47 Å². The normalized spacial score (nSPS) is 10.1. The standard InChI is InChI=1S/C16H26O6/c1-3-21-15(19)11-13(17)9-7-5-6-8-10-14(18)12-16(20)22-4-2/h3-12H2,1-2H3/i5+1,6+1,7+1,8+1,9+1,10+1,11+1,12+1,13+1,14+1,15+1,16+1. The van der Waals surface area contributed by atoms with Gasteiger partial charge in [-0.2, -0.15) is 0 Å². The van der Waals surface area contributed by atoms with Crippen molar-refractivity contribution in [2.24, 2.45) is 0 Å². The lowest BCUT2D eigenvalue weighted by atomic mass is 10.9. The molecule has 0 fully saturated rings. The van der Waals surface area contributed by atoms with E-state index in [9.17, 15) is 19.2 Å². The van der Waals surface area contributed by atoms with Crippen LogP contribution in [0.15, 0.2) is 0 Å². The first-order chi connectivity index (χ1) is 10.5. The number of esters is 2. The summed E-state index contributed by atoms with van der Waals surface area (Å²) < 4.78 is 9.40. The number of hydrogen-bond acceptors (Lipinski definition) is 6. The van der Waals surface area contributed by atoms with Crippen molar-refractivity contribution in [2.75, 3.05) is 13.2 Å². The molecule has 0 atom stereocenters. The Labute approximate surface area is 131 Å². The van der Waals surface area contributed by atoms with Crippen molar-refractivity contribution in [2.45, 2.75) is 65.2 Å². The molecular weight excluding hydrogens is 300 g/mol. The zero-order valence-electron chi connectivity index (χ0n) is 13.5. The van der Waals surface area contributed by atoms with Gasteiger partial charge in [0.1, 0.15) is 24.4 Å². The second-order valence-corrected chi connectivity index (χ2v) is 4.96. The molecule has 0 aromatic rings. The van der Waals surface area contributed by atoms with Gasteiger partial charge >= 0.3 is 11.9 Å². The van der Waals surface area contributed by atoms with E-state index in [1.807, 2.05) is 0 Å². The fourth-order valence-corrected chi connectivity index (χ4v) is 1.92. The lowest BCUT2D eigenvalue weighted by Gasteiger charge is -2.03. The van der Waals surface area contributed by atoms with Crippen molar-refractivity contribution in [1.29, 1.82) is 0 Å². The summed E-state index contributed by atoms with van der Waals surface area (Å²) in [5.74, 6) is -1.18. The molecule has 126 valence electrons. The van der Waals surface area contributed by atoms with Crippen LogP contribution in [-0.4, -0.2) is 36.7 Å². The first kappa shape index (κ1) is 20.3. The molecule has 0 radical (unpaired) electrons. The third-order valence-electron chi connectivity index (χ3n) is 2.95. The summed E-state index contributed by atoms with van der Waals surface area (Å²) in [5.41, 5.74) is 0. The van der Waals surface area contributed by atoms with Crippen LogP contribution in [-0.2, 0) is 28.7 Å². The molecule has 0 saturated heterocycles.